The number of ether oxygens (including phenoxy) is 1. The lowest BCUT2D eigenvalue weighted by atomic mass is 10.1. The van der Waals surface area contributed by atoms with E-state index in [9.17, 15) is 4.79 Å². The highest BCUT2D eigenvalue weighted by Crippen LogP contribution is 2.48. The molecule has 0 aliphatic heterocycles. The summed E-state index contributed by atoms with van der Waals surface area (Å²) in [5.74, 6) is -0.367. The molecular weight excluding hydrogens is 495 g/mol. The molecule has 0 bridgehead atoms. The summed E-state index contributed by atoms with van der Waals surface area (Å²) in [4.78, 5) is 23.2. The molecule has 2 heterocycles. The van der Waals surface area contributed by atoms with Crippen molar-refractivity contribution in [2.24, 2.45) is 0 Å². The standard InChI is InChI=1S/C30H23N4O3P/c1-2-36-30(35)27(21-18-19-25-26(20-21)32-29-28(31-25)33-37-34-29)38(22-12-6-3-7-13-22,23-14-8-4-9-15-23)24-16-10-5-11-17-24/h3-20H,2H2,1H3. The predicted octanol–water partition coefficient (Wildman–Crippen LogP) is 4.24. The van der Waals surface area contributed by atoms with Crippen molar-refractivity contribution >= 4 is 56.4 Å². The van der Waals surface area contributed by atoms with Crippen molar-refractivity contribution in [2.75, 3.05) is 6.61 Å². The van der Waals surface area contributed by atoms with Crippen molar-refractivity contribution in [1.82, 2.24) is 20.3 Å². The Morgan fingerprint density at radius 2 is 1.21 bits per heavy atom. The Kier molecular flexibility index (Phi) is 6.28. The van der Waals surface area contributed by atoms with Crippen molar-refractivity contribution < 1.29 is 14.2 Å². The summed E-state index contributed by atoms with van der Waals surface area (Å²) >= 11 is 0. The highest BCUT2D eigenvalue weighted by Gasteiger charge is 2.35. The van der Waals surface area contributed by atoms with Gasteiger partial charge in [-0.3, -0.25) is 0 Å². The average molecular weight is 519 g/mol. The predicted molar refractivity (Wildman–Crippen MR) is 151 cm³/mol. The molecule has 2 aromatic heterocycles. The van der Waals surface area contributed by atoms with Crippen LogP contribution in [0.5, 0.6) is 0 Å². The van der Waals surface area contributed by atoms with Crippen molar-refractivity contribution in [3.05, 3.63) is 115 Å². The van der Waals surface area contributed by atoms with E-state index in [1.807, 2.05) is 79.7 Å². The molecule has 0 spiro atoms. The number of carbonyl (C=O) groups is 1. The highest BCUT2D eigenvalue weighted by atomic mass is 31.2. The van der Waals surface area contributed by atoms with Gasteiger partial charge in [-0.1, -0.05) is 97.1 Å². The Bertz CT molecular complexity index is 1700. The van der Waals surface area contributed by atoms with Crippen LogP contribution in [0.1, 0.15) is 12.5 Å². The minimum atomic E-state index is -2.74. The summed E-state index contributed by atoms with van der Waals surface area (Å²) in [5.41, 5.74) is 2.57. The minimum absolute atomic E-state index is 0.249. The third kappa shape index (κ3) is 3.98. The number of rotatable bonds is 6. The van der Waals surface area contributed by atoms with E-state index in [0.717, 1.165) is 15.9 Å². The van der Waals surface area contributed by atoms with Gasteiger partial charge in [0, 0.05) is 0 Å². The van der Waals surface area contributed by atoms with Gasteiger partial charge in [0.1, 0.15) is 0 Å². The average Bonchev–Trinajstić information content (AvgIpc) is 3.43. The van der Waals surface area contributed by atoms with Gasteiger partial charge in [-0.25, -0.2) is 19.4 Å². The van der Waals surface area contributed by atoms with Gasteiger partial charge in [0.25, 0.3) is 0 Å². The summed E-state index contributed by atoms with van der Waals surface area (Å²) in [6.07, 6.45) is 0. The third-order valence-electron chi connectivity index (χ3n) is 6.39. The molecule has 8 heteroatoms. The minimum Gasteiger partial charge on any atom is -0.462 e. The van der Waals surface area contributed by atoms with Gasteiger partial charge in [-0.15, -0.1) is 0 Å². The molecule has 0 unspecified atom stereocenters. The quantitative estimate of drug-likeness (QED) is 0.241. The van der Waals surface area contributed by atoms with Crippen molar-refractivity contribution in [3.63, 3.8) is 0 Å². The lowest BCUT2D eigenvalue weighted by molar-refractivity contribution is -0.134. The van der Waals surface area contributed by atoms with Crippen molar-refractivity contribution in [2.45, 2.75) is 6.92 Å². The molecule has 0 atom stereocenters. The first-order chi connectivity index (χ1) is 18.7. The highest BCUT2D eigenvalue weighted by molar-refractivity contribution is 7.96. The Morgan fingerprint density at radius 3 is 1.71 bits per heavy atom. The molecule has 0 aliphatic rings. The van der Waals surface area contributed by atoms with Crippen LogP contribution < -0.4 is 15.9 Å². The van der Waals surface area contributed by atoms with Gasteiger partial charge in [-0.2, -0.15) is 0 Å². The Balaban J connectivity index is 1.82. The topological polar surface area (TPSA) is 91.0 Å². The summed E-state index contributed by atoms with van der Waals surface area (Å²) in [7, 11) is 0. The molecule has 6 rings (SSSR count). The first-order valence-corrected chi connectivity index (χ1v) is 14.0. The smallest absolute Gasteiger partial charge is 0.339 e. The normalized spacial score (nSPS) is 11.5. The molecule has 0 aliphatic carbocycles. The second kappa shape index (κ2) is 10.0. The second-order valence-electron chi connectivity index (χ2n) is 8.59. The summed E-state index contributed by atoms with van der Waals surface area (Å²) in [5, 5.41) is 11.4. The molecule has 7 nitrogen and oxygen atoms in total. The molecule has 0 radical (unpaired) electrons. The number of nitrogens with zero attached hydrogens (tertiary/aromatic N) is 4. The molecule has 4 aromatic carbocycles. The fourth-order valence-electron chi connectivity index (χ4n) is 4.84. The van der Waals surface area contributed by atoms with Crippen LogP contribution in [-0.2, 0) is 9.53 Å². The number of esters is 1. The van der Waals surface area contributed by atoms with Crippen LogP contribution in [0.4, 0.5) is 0 Å². The van der Waals surface area contributed by atoms with Gasteiger partial charge in [0.2, 0.25) is 11.3 Å². The maximum atomic E-state index is 14.1. The van der Waals surface area contributed by atoms with Crippen molar-refractivity contribution in [3.8, 4) is 0 Å². The molecule has 6 aromatic rings. The molecule has 0 saturated carbocycles. The molecule has 0 saturated heterocycles. The van der Waals surface area contributed by atoms with Crippen molar-refractivity contribution in [1.29, 1.82) is 0 Å². The number of carbonyl (C=O) groups excluding carboxylic acids is 1. The maximum Gasteiger partial charge on any atom is 0.339 e. The van der Waals surface area contributed by atoms with Crippen LogP contribution in [0.2, 0.25) is 0 Å². The van der Waals surface area contributed by atoms with E-state index in [2.05, 4.69) is 56.7 Å². The second-order valence-corrected chi connectivity index (χ2v) is 11.9. The fraction of sp³-hybridized carbons (Fsp3) is 0.0667. The van der Waals surface area contributed by atoms with E-state index in [0.29, 0.717) is 33.2 Å². The van der Waals surface area contributed by atoms with Crippen LogP contribution in [0, 0.1) is 0 Å². The van der Waals surface area contributed by atoms with E-state index >= 15 is 0 Å². The van der Waals surface area contributed by atoms with Crippen LogP contribution in [0.25, 0.3) is 22.3 Å². The third-order valence-corrected chi connectivity index (χ3v) is 10.7. The molecule has 186 valence electrons. The van der Waals surface area contributed by atoms with Gasteiger partial charge in [0.05, 0.1) is 22.9 Å². The van der Waals surface area contributed by atoms with Gasteiger partial charge in [-0.05, 0) is 57.7 Å². The fourth-order valence-corrected chi connectivity index (χ4v) is 9.23. The van der Waals surface area contributed by atoms with Crippen LogP contribution in [0.3, 0.4) is 0 Å². The van der Waals surface area contributed by atoms with E-state index in [4.69, 9.17) is 9.37 Å². The molecule has 38 heavy (non-hydrogen) atoms. The largest absolute Gasteiger partial charge is 0.462 e. The van der Waals surface area contributed by atoms with E-state index in [1.54, 1.807) is 0 Å². The van der Waals surface area contributed by atoms with Crippen LogP contribution >= 0.6 is 6.89 Å². The van der Waals surface area contributed by atoms with Gasteiger partial charge < -0.3 is 4.74 Å². The van der Waals surface area contributed by atoms with Crippen LogP contribution in [-0.4, -0.2) is 38.2 Å². The number of fused-ring (bicyclic) bond motifs is 2. The van der Waals surface area contributed by atoms with Gasteiger partial charge >= 0.3 is 5.97 Å². The van der Waals surface area contributed by atoms with E-state index in [-0.39, 0.29) is 12.6 Å². The SMILES string of the molecule is CCOC(=O)C(c1ccc2nc3nonc3nc2c1)=P(c1ccccc1)(c1ccccc1)c1ccccc1. The first kappa shape index (κ1) is 23.8. The number of aromatic nitrogens is 4. The monoisotopic (exact) mass is 518 g/mol. The number of hydrogen-bond donors (Lipinski definition) is 0. The summed E-state index contributed by atoms with van der Waals surface area (Å²) in [6.45, 7) is -0.666. The zero-order valence-corrected chi connectivity index (χ0v) is 21.5. The Labute approximate surface area is 219 Å². The Hall–Kier alpha value is -4.61. The van der Waals surface area contributed by atoms with E-state index < -0.39 is 6.89 Å². The zero-order chi connectivity index (χ0) is 26.0. The van der Waals surface area contributed by atoms with E-state index in [1.165, 1.54) is 0 Å². The zero-order valence-electron chi connectivity index (χ0n) is 20.6. The first-order valence-electron chi connectivity index (χ1n) is 12.2. The summed E-state index contributed by atoms with van der Waals surface area (Å²) in [6, 6.07) is 36.3. The Morgan fingerprint density at radius 1 is 0.711 bits per heavy atom. The number of hydrogen-bond acceptors (Lipinski definition) is 7. The lowest BCUT2D eigenvalue weighted by Gasteiger charge is -2.32. The summed E-state index contributed by atoms with van der Waals surface area (Å²) < 4.78 is 10.6. The number of benzene rings is 4. The molecular formula is C30H23N4O3P. The van der Waals surface area contributed by atoms with Gasteiger partial charge in [0.15, 0.2) is 0 Å². The maximum absolute atomic E-state index is 14.1. The lowest BCUT2D eigenvalue weighted by Crippen LogP contribution is -2.35. The molecule has 0 fully saturated rings. The van der Waals surface area contributed by atoms with Crippen LogP contribution in [0.15, 0.2) is 114 Å². The molecule has 0 amide bonds. The molecule has 0 N–H and O–H groups in total.